The molecule has 28 heavy (non-hydrogen) atoms. The van der Waals surface area contributed by atoms with Crippen molar-refractivity contribution in [1.29, 1.82) is 0 Å². The third kappa shape index (κ3) is 4.45. The highest BCUT2D eigenvalue weighted by molar-refractivity contribution is 6.31. The Labute approximate surface area is 165 Å². The molecular formula is C19H17ClFN3O4. The van der Waals surface area contributed by atoms with Crippen LogP contribution < -0.4 is 0 Å². The molecule has 1 aliphatic rings. The maximum atomic E-state index is 13.9. The summed E-state index contributed by atoms with van der Waals surface area (Å²) in [5.41, 5.74) is 0.560. The number of benzene rings is 2. The van der Waals surface area contributed by atoms with Gasteiger partial charge in [0.2, 0.25) is 5.91 Å². The third-order valence-electron chi connectivity index (χ3n) is 4.58. The minimum absolute atomic E-state index is 0.0310. The van der Waals surface area contributed by atoms with Crippen LogP contribution in [0.1, 0.15) is 15.9 Å². The van der Waals surface area contributed by atoms with E-state index in [1.165, 1.54) is 29.2 Å². The third-order valence-corrected chi connectivity index (χ3v) is 4.82. The highest BCUT2D eigenvalue weighted by Gasteiger charge is 2.26. The summed E-state index contributed by atoms with van der Waals surface area (Å²) in [5, 5.41) is 11.0. The van der Waals surface area contributed by atoms with Gasteiger partial charge in [0.15, 0.2) is 0 Å². The van der Waals surface area contributed by atoms with Gasteiger partial charge >= 0.3 is 0 Å². The molecule has 0 atom stereocenters. The fourth-order valence-electron chi connectivity index (χ4n) is 3.01. The summed E-state index contributed by atoms with van der Waals surface area (Å²) in [4.78, 5) is 38.2. The number of non-ortho nitro benzene ring substituents is 1. The van der Waals surface area contributed by atoms with Gasteiger partial charge in [0, 0.05) is 43.3 Å². The number of nitro groups is 1. The van der Waals surface area contributed by atoms with Gasteiger partial charge in [-0.1, -0.05) is 23.7 Å². The van der Waals surface area contributed by atoms with Crippen LogP contribution in [0.25, 0.3) is 0 Å². The van der Waals surface area contributed by atoms with Crippen molar-refractivity contribution < 1.29 is 18.9 Å². The van der Waals surface area contributed by atoms with E-state index in [1.54, 1.807) is 17.0 Å². The van der Waals surface area contributed by atoms with E-state index >= 15 is 0 Å². The largest absolute Gasteiger partial charge is 0.339 e. The van der Waals surface area contributed by atoms with Crippen LogP contribution in [0.15, 0.2) is 42.5 Å². The Hall–Kier alpha value is -3.00. The van der Waals surface area contributed by atoms with Crippen molar-refractivity contribution in [2.75, 3.05) is 26.2 Å². The number of hydrogen-bond acceptors (Lipinski definition) is 4. The lowest BCUT2D eigenvalue weighted by Crippen LogP contribution is -2.51. The van der Waals surface area contributed by atoms with Crippen LogP contribution in [-0.4, -0.2) is 52.7 Å². The normalized spacial score (nSPS) is 14.1. The summed E-state index contributed by atoms with van der Waals surface area (Å²) < 4.78 is 13.9. The van der Waals surface area contributed by atoms with Gasteiger partial charge in [0.05, 0.1) is 16.9 Å². The summed E-state index contributed by atoms with van der Waals surface area (Å²) >= 11 is 5.84. The van der Waals surface area contributed by atoms with E-state index in [0.717, 1.165) is 6.07 Å². The van der Waals surface area contributed by atoms with E-state index in [4.69, 9.17) is 11.6 Å². The van der Waals surface area contributed by atoms with Crippen LogP contribution in [0.5, 0.6) is 0 Å². The molecule has 0 N–H and O–H groups in total. The van der Waals surface area contributed by atoms with Crippen molar-refractivity contribution in [3.05, 3.63) is 74.5 Å². The average molecular weight is 406 g/mol. The monoisotopic (exact) mass is 405 g/mol. The Bertz CT molecular complexity index is 912. The molecule has 0 bridgehead atoms. The Kier molecular flexibility index (Phi) is 5.89. The van der Waals surface area contributed by atoms with E-state index < -0.39 is 16.6 Å². The summed E-state index contributed by atoms with van der Waals surface area (Å²) in [7, 11) is 0. The molecule has 0 aromatic heterocycles. The molecule has 146 valence electrons. The smallest absolute Gasteiger partial charge is 0.269 e. The SMILES string of the molecule is O=C(Cc1ccc([N+](=O)[O-])cc1)N1CCN(C(=O)c2cc(Cl)ccc2F)CC1. The number of rotatable bonds is 4. The molecular weight excluding hydrogens is 389 g/mol. The van der Waals surface area contributed by atoms with Gasteiger partial charge < -0.3 is 9.80 Å². The number of nitrogens with zero attached hydrogens (tertiary/aromatic N) is 3. The molecule has 1 aliphatic heterocycles. The van der Waals surface area contributed by atoms with E-state index in [0.29, 0.717) is 18.7 Å². The number of carbonyl (C=O) groups excluding carboxylic acids is 2. The highest BCUT2D eigenvalue weighted by Crippen LogP contribution is 2.18. The van der Waals surface area contributed by atoms with Crippen LogP contribution in [0.3, 0.4) is 0 Å². The minimum Gasteiger partial charge on any atom is -0.339 e. The molecule has 7 nitrogen and oxygen atoms in total. The second kappa shape index (κ2) is 8.35. The lowest BCUT2D eigenvalue weighted by molar-refractivity contribution is -0.384. The molecule has 1 saturated heterocycles. The van der Waals surface area contributed by atoms with Crippen molar-refractivity contribution in [3.8, 4) is 0 Å². The fraction of sp³-hybridized carbons (Fsp3) is 0.263. The molecule has 0 saturated carbocycles. The first kappa shape index (κ1) is 19.8. The van der Waals surface area contributed by atoms with Crippen LogP contribution in [0, 0.1) is 15.9 Å². The van der Waals surface area contributed by atoms with Gasteiger partial charge in [-0.2, -0.15) is 0 Å². The number of hydrogen-bond donors (Lipinski definition) is 0. The van der Waals surface area contributed by atoms with E-state index in [9.17, 15) is 24.1 Å². The molecule has 0 unspecified atom stereocenters. The second-order valence-electron chi connectivity index (χ2n) is 6.40. The first-order chi connectivity index (χ1) is 13.3. The Balaban J connectivity index is 1.57. The van der Waals surface area contributed by atoms with Crippen molar-refractivity contribution in [2.24, 2.45) is 0 Å². The molecule has 0 radical (unpaired) electrons. The number of piperazine rings is 1. The standard InChI is InChI=1S/C19H17ClFN3O4/c20-14-3-6-17(21)16(12-14)19(26)23-9-7-22(8-10-23)18(25)11-13-1-4-15(5-2-13)24(27)28/h1-6,12H,7-11H2. The summed E-state index contributed by atoms with van der Waals surface area (Å²) in [6, 6.07) is 9.65. The summed E-state index contributed by atoms with van der Waals surface area (Å²) in [6.45, 7) is 1.24. The molecule has 2 aromatic carbocycles. The number of halogens is 2. The van der Waals surface area contributed by atoms with Crippen LogP contribution in [0.4, 0.5) is 10.1 Å². The Morgan fingerprint density at radius 2 is 1.64 bits per heavy atom. The van der Waals surface area contributed by atoms with Gasteiger partial charge in [-0.05, 0) is 23.8 Å². The van der Waals surface area contributed by atoms with Gasteiger partial charge in [-0.3, -0.25) is 19.7 Å². The molecule has 9 heteroatoms. The maximum Gasteiger partial charge on any atom is 0.269 e. The van der Waals surface area contributed by atoms with Gasteiger partial charge in [0.25, 0.3) is 11.6 Å². The second-order valence-corrected chi connectivity index (χ2v) is 6.83. The van der Waals surface area contributed by atoms with Crippen molar-refractivity contribution >= 4 is 29.1 Å². The zero-order chi connectivity index (χ0) is 20.3. The van der Waals surface area contributed by atoms with E-state index in [1.807, 2.05) is 0 Å². The first-order valence-corrected chi connectivity index (χ1v) is 8.98. The van der Waals surface area contributed by atoms with Gasteiger partial charge in [-0.15, -0.1) is 0 Å². The molecule has 2 aromatic rings. The lowest BCUT2D eigenvalue weighted by atomic mass is 10.1. The fourth-order valence-corrected chi connectivity index (χ4v) is 3.18. The van der Waals surface area contributed by atoms with E-state index in [2.05, 4.69) is 0 Å². The topological polar surface area (TPSA) is 83.8 Å². The van der Waals surface area contributed by atoms with Crippen LogP contribution >= 0.6 is 11.6 Å². The lowest BCUT2D eigenvalue weighted by Gasteiger charge is -2.35. The number of amides is 2. The highest BCUT2D eigenvalue weighted by atomic mass is 35.5. The van der Waals surface area contributed by atoms with Crippen LogP contribution in [-0.2, 0) is 11.2 Å². The van der Waals surface area contributed by atoms with E-state index in [-0.39, 0.29) is 41.7 Å². The van der Waals surface area contributed by atoms with Crippen molar-refractivity contribution in [3.63, 3.8) is 0 Å². The molecule has 1 heterocycles. The Morgan fingerprint density at radius 3 is 2.25 bits per heavy atom. The molecule has 0 aliphatic carbocycles. The summed E-state index contributed by atoms with van der Waals surface area (Å²) in [6.07, 6.45) is 0.120. The van der Waals surface area contributed by atoms with Crippen molar-refractivity contribution in [2.45, 2.75) is 6.42 Å². The molecule has 2 amide bonds. The molecule has 3 rings (SSSR count). The number of carbonyl (C=O) groups is 2. The predicted molar refractivity (Wildman–Crippen MR) is 101 cm³/mol. The average Bonchev–Trinajstić information content (AvgIpc) is 2.69. The zero-order valence-corrected chi connectivity index (χ0v) is 15.6. The maximum absolute atomic E-state index is 13.9. The quantitative estimate of drug-likeness (QED) is 0.578. The zero-order valence-electron chi connectivity index (χ0n) is 14.8. The number of nitro benzene ring substituents is 1. The van der Waals surface area contributed by atoms with Gasteiger partial charge in [0.1, 0.15) is 5.82 Å². The van der Waals surface area contributed by atoms with Gasteiger partial charge in [-0.25, -0.2) is 4.39 Å². The molecule has 0 spiro atoms. The predicted octanol–water partition coefficient (Wildman–Crippen LogP) is 2.91. The van der Waals surface area contributed by atoms with Crippen LogP contribution in [0.2, 0.25) is 5.02 Å². The molecule has 1 fully saturated rings. The minimum atomic E-state index is -0.633. The van der Waals surface area contributed by atoms with Crippen molar-refractivity contribution in [1.82, 2.24) is 9.80 Å². The summed E-state index contributed by atoms with van der Waals surface area (Å²) in [5.74, 6) is -1.22. The first-order valence-electron chi connectivity index (χ1n) is 8.60. The Morgan fingerprint density at radius 1 is 1.04 bits per heavy atom.